The predicted molar refractivity (Wildman–Crippen MR) is 116 cm³/mol. The maximum Gasteiger partial charge on any atom is 0.320 e. The minimum Gasteiger partial charge on any atom is -0.338 e. The summed E-state index contributed by atoms with van der Waals surface area (Å²) in [4.78, 5) is 25.5. The third kappa shape index (κ3) is 5.39. The number of hydrogen-bond donors (Lipinski definition) is 2. The van der Waals surface area contributed by atoms with Crippen LogP contribution in [0.4, 0.5) is 15.0 Å². The van der Waals surface area contributed by atoms with E-state index in [0.29, 0.717) is 29.2 Å². The highest BCUT2D eigenvalue weighted by molar-refractivity contribution is 5.89. The molecule has 0 bridgehead atoms. The number of nitrogens with zero attached hydrogens (tertiary/aromatic N) is 5. The van der Waals surface area contributed by atoms with Crippen molar-refractivity contribution in [3.8, 4) is 11.3 Å². The number of carbonyl (C=O) groups excluding carboxylic acids is 1. The molecule has 2 N–H and O–H groups in total. The summed E-state index contributed by atoms with van der Waals surface area (Å²) in [5, 5.41) is 9.68. The lowest BCUT2D eigenvalue weighted by molar-refractivity contribution is 0.252. The average Bonchev–Trinajstić information content (AvgIpc) is 3.20. The van der Waals surface area contributed by atoms with Crippen LogP contribution in [0.3, 0.4) is 0 Å². The molecule has 1 aromatic carbocycles. The van der Waals surface area contributed by atoms with E-state index in [1.165, 1.54) is 12.1 Å². The van der Waals surface area contributed by atoms with Crippen molar-refractivity contribution in [3.63, 3.8) is 0 Å². The van der Waals surface area contributed by atoms with Crippen molar-refractivity contribution in [2.24, 2.45) is 7.05 Å². The minimum absolute atomic E-state index is 0.233. The second-order valence-corrected chi connectivity index (χ2v) is 7.16. The first-order chi connectivity index (χ1) is 15.1. The Labute approximate surface area is 178 Å². The number of aryl methyl sites for hydroxylation is 2. The molecule has 0 atom stereocenters. The number of fused-ring (bicyclic) bond motifs is 1. The number of halogens is 1. The molecule has 0 aliphatic heterocycles. The molecule has 0 radical (unpaired) electrons. The third-order valence-electron chi connectivity index (χ3n) is 4.74. The number of rotatable bonds is 7. The van der Waals surface area contributed by atoms with Crippen LogP contribution in [0.25, 0.3) is 22.4 Å². The molecule has 158 valence electrons. The molecule has 0 spiro atoms. The van der Waals surface area contributed by atoms with Crippen LogP contribution in [0.1, 0.15) is 18.4 Å². The van der Waals surface area contributed by atoms with E-state index in [1.54, 1.807) is 41.3 Å². The van der Waals surface area contributed by atoms with Crippen LogP contribution in [0.2, 0.25) is 0 Å². The van der Waals surface area contributed by atoms with Gasteiger partial charge in [0, 0.05) is 25.4 Å². The molecule has 3 heterocycles. The number of unbranched alkanes of at least 4 members (excludes halogenated alkanes) is 1. The molecule has 4 aromatic rings. The van der Waals surface area contributed by atoms with Gasteiger partial charge in [-0.15, -0.1) is 0 Å². The molecular weight excluding hydrogens is 397 g/mol. The number of urea groups is 1. The largest absolute Gasteiger partial charge is 0.338 e. The van der Waals surface area contributed by atoms with E-state index in [1.807, 2.05) is 13.2 Å². The zero-order valence-electron chi connectivity index (χ0n) is 17.0. The first-order valence-electron chi connectivity index (χ1n) is 9.99. The monoisotopic (exact) mass is 419 g/mol. The molecule has 9 heteroatoms. The average molecular weight is 419 g/mol. The van der Waals surface area contributed by atoms with E-state index in [4.69, 9.17) is 0 Å². The van der Waals surface area contributed by atoms with Gasteiger partial charge in [0.15, 0.2) is 5.65 Å². The van der Waals surface area contributed by atoms with E-state index in [2.05, 4.69) is 30.7 Å². The summed E-state index contributed by atoms with van der Waals surface area (Å²) in [7, 11) is 1.83. The van der Waals surface area contributed by atoms with Gasteiger partial charge in [-0.3, -0.25) is 15.0 Å². The van der Waals surface area contributed by atoms with Crippen molar-refractivity contribution in [2.75, 3.05) is 11.9 Å². The Kier molecular flexibility index (Phi) is 6.11. The highest BCUT2D eigenvalue weighted by Crippen LogP contribution is 2.18. The summed E-state index contributed by atoms with van der Waals surface area (Å²) in [6, 6.07) is 9.61. The number of anilines is 1. The Balaban J connectivity index is 1.29. The van der Waals surface area contributed by atoms with Gasteiger partial charge in [-0.1, -0.05) is 12.1 Å². The lowest BCUT2D eigenvalue weighted by Gasteiger charge is -2.08. The predicted octanol–water partition coefficient (Wildman–Crippen LogP) is 3.71. The molecule has 31 heavy (non-hydrogen) atoms. The van der Waals surface area contributed by atoms with Crippen LogP contribution in [-0.4, -0.2) is 37.3 Å². The van der Waals surface area contributed by atoms with Crippen LogP contribution >= 0.6 is 0 Å². The molecule has 8 nitrogen and oxygen atoms in total. The van der Waals surface area contributed by atoms with Crippen molar-refractivity contribution in [1.82, 2.24) is 30.0 Å². The van der Waals surface area contributed by atoms with Crippen LogP contribution in [0.5, 0.6) is 0 Å². The fraction of sp³-hybridized carbons (Fsp3) is 0.227. The summed E-state index contributed by atoms with van der Waals surface area (Å²) < 4.78 is 14.6. The summed E-state index contributed by atoms with van der Waals surface area (Å²) in [5.41, 5.74) is 3.67. The molecule has 0 fully saturated rings. The highest BCUT2D eigenvalue weighted by Gasteiger charge is 2.08. The molecular formula is C22H22FN7O. The SMILES string of the molecule is Cn1cc(-c2cnc3ccc(NC(=O)NCCCCc4ccc(F)cc4)nc3n2)cn1. The number of hydrogen-bond acceptors (Lipinski definition) is 5. The number of amides is 2. The van der Waals surface area contributed by atoms with Gasteiger partial charge in [-0.05, 0) is 49.1 Å². The molecule has 0 unspecified atom stereocenters. The molecule has 0 saturated heterocycles. The van der Waals surface area contributed by atoms with Crippen molar-refractivity contribution in [1.29, 1.82) is 0 Å². The Morgan fingerprint density at radius 3 is 2.68 bits per heavy atom. The normalized spacial score (nSPS) is 10.9. The van der Waals surface area contributed by atoms with E-state index in [-0.39, 0.29) is 11.8 Å². The molecule has 4 rings (SSSR count). The van der Waals surface area contributed by atoms with E-state index in [0.717, 1.165) is 30.4 Å². The lowest BCUT2D eigenvalue weighted by atomic mass is 10.1. The fourth-order valence-electron chi connectivity index (χ4n) is 3.13. The summed E-state index contributed by atoms with van der Waals surface area (Å²) in [5.74, 6) is 0.164. The lowest BCUT2D eigenvalue weighted by Crippen LogP contribution is -2.29. The Morgan fingerprint density at radius 1 is 1.06 bits per heavy atom. The van der Waals surface area contributed by atoms with E-state index >= 15 is 0 Å². The van der Waals surface area contributed by atoms with Crippen molar-refractivity contribution in [3.05, 3.63) is 66.4 Å². The zero-order chi connectivity index (χ0) is 21.6. The topological polar surface area (TPSA) is 97.6 Å². The molecule has 0 saturated carbocycles. The standard InChI is InChI=1S/C22H22FN7O/c1-30-14-16(12-26-30)19-13-25-18-9-10-20(28-21(18)27-19)29-22(31)24-11-3-2-4-15-5-7-17(23)8-6-15/h5-10,12-14H,2-4,11H2,1H3,(H2,24,27,28,29,31). The van der Waals surface area contributed by atoms with Crippen molar-refractivity contribution in [2.45, 2.75) is 19.3 Å². The number of aromatic nitrogens is 5. The number of carbonyl (C=O) groups is 1. The first kappa shape index (κ1) is 20.4. The highest BCUT2D eigenvalue weighted by atomic mass is 19.1. The van der Waals surface area contributed by atoms with Gasteiger partial charge in [-0.25, -0.2) is 19.2 Å². The van der Waals surface area contributed by atoms with Gasteiger partial charge >= 0.3 is 6.03 Å². The second kappa shape index (κ2) is 9.29. The van der Waals surface area contributed by atoms with Gasteiger partial charge in [0.1, 0.15) is 17.2 Å². The van der Waals surface area contributed by atoms with Crippen molar-refractivity contribution < 1.29 is 9.18 Å². The van der Waals surface area contributed by atoms with Crippen LogP contribution in [0.15, 0.2) is 55.0 Å². The van der Waals surface area contributed by atoms with Gasteiger partial charge in [0.05, 0.1) is 18.1 Å². The quantitative estimate of drug-likeness (QED) is 0.445. The Morgan fingerprint density at radius 2 is 1.90 bits per heavy atom. The first-order valence-corrected chi connectivity index (χ1v) is 9.99. The third-order valence-corrected chi connectivity index (χ3v) is 4.74. The van der Waals surface area contributed by atoms with Crippen LogP contribution < -0.4 is 10.6 Å². The Bertz CT molecular complexity index is 1190. The number of pyridine rings is 1. The van der Waals surface area contributed by atoms with Crippen LogP contribution in [-0.2, 0) is 13.5 Å². The van der Waals surface area contributed by atoms with Crippen molar-refractivity contribution >= 4 is 23.0 Å². The summed E-state index contributed by atoms with van der Waals surface area (Å²) in [6.07, 6.45) is 7.78. The number of benzene rings is 1. The number of nitrogens with one attached hydrogen (secondary N) is 2. The summed E-state index contributed by atoms with van der Waals surface area (Å²) >= 11 is 0. The fourth-order valence-corrected chi connectivity index (χ4v) is 3.13. The van der Waals surface area contributed by atoms with Gasteiger partial charge < -0.3 is 5.32 Å². The maximum atomic E-state index is 12.9. The molecule has 3 aromatic heterocycles. The second-order valence-electron chi connectivity index (χ2n) is 7.16. The van der Waals surface area contributed by atoms with E-state index in [9.17, 15) is 9.18 Å². The van der Waals surface area contributed by atoms with Gasteiger partial charge in [0.2, 0.25) is 0 Å². The van der Waals surface area contributed by atoms with Gasteiger partial charge in [-0.2, -0.15) is 5.10 Å². The molecule has 2 amide bonds. The zero-order valence-corrected chi connectivity index (χ0v) is 17.0. The molecule has 0 aliphatic rings. The smallest absolute Gasteiger partial charge is 0.320 e. The van der Waals surface area contributed by atoms with Gasteiger partial charge in [0.25, 0.3) is 0 Å². The molecule has 0 aliphatic carbocycles. The summed E-state index contributed by atoms with van der Waals surface area (Å²) in [6.45, 7) is 0.533. The minimum atomic E-state index is -0.329. The van der Waals surface area contributed by atoms with E-state index < -0.39 is 0 Å². The maximum absolute atomic E-state index is 12.9. The van der Waals surface area contributed by atoms with Crippen LogP contribution in [0, 0.1) is 5.82 Å². The Hall–Kier alpha value is -3.88.